The van der Waals surface area contributed by atoms with Crippen molar-refractivity contribution >= 4 is 16.9 Å². The molecule has 3 aromatic rings. The molecule has 138 valence electrons. The highest BCUT2D eigenvalue weighted by Gasteiger charge is 2.44. The molecule has 1 saturated heterocycles. The number of fused-ring (bicyclic) bond motifs is 1. The van der Waals surface area contributed by atoms with E-state index in [0.29, 0.717) is 5.25 Å². The molecule has 7 nitrogen and oxygen atoms in total. The van der Waals surface area contributed by atoms with Crippen molar-refractivity contribution in [3.05, 3.63) is 65.8 Å². The first-order valence-corrected chi connectivity index (χ1v) is 9.97. The lowest BCUT2D eigenvalue weighted by atomic mass is 9.96. The summed E-state index contributed by atoms with van der Waals surface area (Å²) in [5.41, 5.74) is 4.63. The number of hydrogen-bond donors (Lipinski definition) is 0. The minimum Gasteiger partial charge on any atom is -0.341 e. The highest BCUT2D eigenvalue weighted by Crippen LogP contribution is 2.48. The van der Waals surface area contributed by atoms with Crippen molar-refractivity contribution in [2.45, 2.75) is 38.1 Å². The molecule has 5 heterocycles. The lowest BCUT2D eigenvalue weighted by Gasteiger charge is -2.27. The summed E-state index contributed by atoms with van der Waals surface area (Å²) in [5, 5.41) is 9.61. The maximum atomic E-state index is 5.07. The minimum atomic E-state index is 0.0102. The standard InChI is InChI=1S/C19H21N7S/c1-12-8-15(14(3)26(12)24-10-21-22-11-24)18-17(16-6-4-5-7-20-16)23-19-25(18)9-13(2)27-19/h4-8,10-11,13,17-18H,9H2,1-3H3/t13-,17+,18+/m0/s1. The van der Waals surface area contributed by atoms with Crippen molar-refractivity contribution in [1.29, 1.82) is 0 Å². The Balaban J connectivity index is 1.63. The topological polar surface area (TPSA) is 64.1 Å². The van der Waals surface area contributed by atoms with Crippen LogP contribution in [0.25, 0.3) is 0 Å². The van der Waals surface area contributed by atoms with Crippen LogP contribution in [0.2, 0.25) is 0 Å². The van der Waals surface area contributed by atoms with Crippen molar-refractivity contribution in [1.82, 2.24) is 29.4 Å². The van der Waals surface area contributed by atoms with Crippen LogP contribution < -0.4 is 0 Å². The van der Waals surface area contributed by atoms with Crippen LogP contribution >= 0.6 is 11.8 Å². The van der Waals surface area contributed by atoms with E-state index in [1.54, 1.807) is 12.7 Å². The lowest BCUT2D eigenvalue weighted by Crippen LogP contribution is -2.29. The third kappa shape index (κ3) is 2.58. The fourth-order valence-corrected chi connectivity index (χ4v) is 5.28. The van der Waals surface area contributed by atoms with Gasteiger partial charge in [-0.1, -0.05) is 24.8 Å². The van der Waals surface area contributed by atoms with Crippen LogP contribution in [0.4, 0.5) is 0 Å². The molecule has 27 heavy (non-hydrogen) atoms. The molecule has 0 saturated carbocycles. The average Bonchev–Trinajstić information content (AvgIpc) is 3.40. The Bertz CT molecular complexity index is 993. The molecule has 0 aliphatic carbocycles. The summed E-state index contributed by atoms with van der Waals surface area (Å²) in [6.07, 6.45) is 5.31. The molecule has 1 fully saturated rings. The molecular weight excluding hydrogens is 358 g/mol. The number of amidine groups is 1. The van der Waals surface area contributed by atoms with Crippen molar-refractivity contribution in [3.8, 4) is 0 Å². The number of aryl methyl sites for hydroxylation is 1. The molecule has 0 radical (unpaired) electrons. The van der Waals surface area contributed by atoms with Gasteiger partial charge in [-0.2, -0.15) is 0 Å². The third-order valence-corrected chi connectivity index (χ3v) is 6.37. The van der Waals surface area contributed by atoms with Crippen LogP contribution in [0.3, 0.4) is 0 Å². The fourth-order valence-electron chi connectivity index (χ4n) is 4.18. The number of thioether (sulfide) groups is 1. The molecule has 0 spiro atoms. The second-order valence-electron chi connectivity index (χ2n) is 7.12. The number of pyridine rings is 1. The molecule has 0 amide bonds. The molecule has 5 rings (SSSR count). The zero-order valence-corrected chi connectivity index (χ0v) is 16.3. The van der Waals surface area contributed by atoms with E-state index in [1.807, 2.05) is 34.8 Å². The van der Waals surface area contributed by atoms with Gasteiger partial charge in [-0.3, -0.25) is 14.7 Å². The molecule has 0 unspecified atom stereocenters. The van der Waals surface area contributed by atoms with Gasteiger partial charge in [-0.15, -0.1) is 10.2 Å². The van der Waals surface area contributed by atoms with Crippen LogP contribution in [0.1, 0.15) is 41.7 Å². The summed E-state index contributed by atoms with van der Waals surface area (Å²) in [6.45, 7) is 7.54. The van der Waals surface area contributed by atoms with Gasteiger partial charge < -0.3 is 4.90 Å². The summed E-state index contributed by atoms with van der Waals surface area (Å²) in [7, 11) is 0. The summed E-state index contributed by atoms with van der Waals surface area (Å²) in [6, 6.07) is 8.51. The first-order chi connectivity index (χ1) is 13.1. The van der Waals surface area contributed by atoms with E-state index in [9.17, 15) is 0 Å². The number of nitrogens with zero attached hydrogens (tertiary/aromatic N) is 7. The number of aromatic nitrogens is 5. The number of rotatable bonds is 3. The van der Waals surface area contributed by atoms with Crippen molar-refractivity contribution in [2.24, 2.45) is 4.99 Å². The predicted molar refractivity (Wildman–Crippen MR) is 106 cm³/mol. The van der Waals surface area contributed by atoms with Gasteiger partial charge >= 0.3 is 0 Å². The van der Waals surface area contributed by atoms with E-state index in [2.05, 4.69) is 57.7 Å². The molecule has 0 aromatic carbocycles. The van der Waals surface area contributed by atoms with Crippen LogP contribution in [0.15, 0.2) is 48.1 Å². The zero-order valence-electron chi connectivity index (χ0n) is 15.5. The molecule has 3 atom stereocenters. The van der Waals surface area contributed by atoms with Crippen LogP contribution in [-0.2, 0) is 0 Å². The van der Waals surface area contributed by atoms with Gasteiger partial charge in [0.15, 0.2) is 5.17 Å². The highest BCUT2D eigenvalue weighted by molar-refractivity contribution is 8.14. The van der Waals surface area contributed by atoms with E-state index in [0.717, 1.165) is 23.1 Å². The first kappa shape index (κ1) is 16.6. The second-order valence-corrected chi connectivity index (χ2v) is 8.52. The number of aliphatic imine (C=N–C) groups is 1. The van der Waals surface area contributed by atoms with E-state index >= 15 is 0 Å². The Kier molecular flexibility index (Phi) is 3.82. The van der Waals surface area contributed by atoms with Crippen LogP contribution in [-0.4, -0.2) is 46.4 Å². The molecular formula is C19H21N7S. The van der Waals surface area contributed by atoms with Crippen molar-refractivity contribution in [3.63, 3.8) is 0 Å². The first-order valence-electron chi connectivity index (χ1n) is 9.09. The zero-order chi connectivity index (χ0) is 18.5. The molecule has 8 heteroatoms. The van der Waals surface area contributed by atoms with Gasteiger partial charge in [0.05, 0.1) is 11.7 Å². The Morgan fingerprint density at radius 2 is 1.96 bits per heavy atom. The second kappa shape index (κ2) is 6.23. The van der Waals surface area contributed by atoms with Crippen molar-refractivity contribution < 1.29 is 0 Å². The van der Waals surface area contributed by atoms with Crippen LogP contribution in [0, 0.1) is 13.8 Å². The molecule has 2 aliphatic heterocycles. The Morgan fingerprint density at radius 1 is 1.15 bits per heavy atom. The number of hydrogen-bond acceptors (Lipinski definition) is 6. The largest absolute Gasteiger partial charge is 0.341 e. The maximum Gasteiger partial charge on any atom is 0.160 e. The highest BCUT2D eigenvalue weighted by atomic mass is 32.2. The van der Waals surface area contributed by atoms with Gasteiger partial charge in [0.1, 0.15) is 18.7 Å². The summed E-state index contributed by atoms with van der Waals surface area (Å²) in [5.74, 6) is 0. The van der Waals surface area contributed by atoms with E-state index in [1.165, 1.54) is 11.3 Å². The maximum absolute atomic E-state index is 5.07. The Labute approximate surface area is 162 Å². The summed E-state index contributed by atoms with van der Waals surface area (Å²) in [4.78, 5) is 12.1. The average molecular weight is 379 g/mol. The van der Waals surface area contributed by atoms with E-state index in [4.69, 9.17) is 4.99 Å². The quantitative estimate of drug-likeness (QED) is 0.700. The smallest absolute Gasteiger partial charge is 0.160 e. The predicted octanol–water partition coefficient (Wildman–Crippen LogP) is 2.99. The van der Waals surface area contributed by atoms with Crippen molar-refractivity contribution in [2.75, 3.05) is 6.54 Å². The molecule has 0 N–H and O–H groups in total. The van der Waals surface area contributed by atoms with E-state index < -0.39 is 0 Å². The fraction of sp³-hybridized carbons (Fsp3) is 0.368. The summed E-state index contributed by atoms with van der Waals surface area (Å²) >= 11 is 1.86. The normalized spacial score (nSPS) is 24.3. The Hall–Kier alpha value is -2.61. The van der Waals surface area contributed by atoms with Gasteiger partial charge in [0.25, 0.3) is 0 Å². The monoisotopic (exact) mass is 379 g/mol. The SMILES string of the molecule is Cc1cc([C@@H]2[C@@H](c3ccccn3)N=C3S[C@@H](C)CN32)c(C)n1-n1cnnc1. The van der Waals surface area contributed by atoms with Gasteiger partial charge in [-0.25, -0.2) is 4.68 Å². The van der Waals surface area contributed by atoms with Gasteiger partial charge in [0, 0.05) is 34.9 Å². The van der Waals surface area contributed by atoms with E-state index in [-0.39, 0.29) is 12.1 Å². The molecule has 2 aliphatic rings. The summed E-state index contributed by atoms with van der Waals surface area (Å²) < 4.78 is 4.07. The third-order valence-electron chi connectivity index (χ3n) is 5.27. The minimum absolute atomic E-state index is 0.0102. The Morgan fingerprint density at radius 3 is 2.70 bits per heavy atom. The lowest BCUT2D eigenvalue weighted by molar-refractivity contribution is 0.319. The molecule has 0 bridgehead atoms. The van der Waals surface area contributed by atoms with Gasteiger partial charge in [0.2, 0.25) is 0 Å². The van der Waals surface area contributed by atoms with Gasteiger partial charge in [-0.05, 0) is 32.0 Å². The van der Waals surface area contributed by atoms with Crippen LogP contribution in [0.5, 0.6) is 0 Å². The molecule has 3 aromatic heterocycles.